The molecule has 3 aromatic rings. The zero-order valence-electron chi connectivity index (χ0n) is 16.0. The number of ether oxygens (including phenoxy) is 2. The lowest BCUT2D eigenvalue weighted by Crippen LogP contribution is -2.26. The second kappa shape index (κ2) is 10.1. The molecule has 1 amide bonds. The van der Waals surface area contributed by atoms with Crippen molar-refractivity contribution in [3.05, 3.63) is 88.0 Å². The van der Waals surface area contributed by atoms with Crippen LogP contribution in [0, 0.1) is 0 Å². The summed E-state index contributed by atoms with van der Waals surface area (Å²) in [6, 6.07) is 16.4. The Labute approximate surface area is 183 Å². The predicted octanol–water partition coefficient (Wildman–Crippen LogP) is 5.32. The monoisotopic (exact) mass is 444 g/mol. The largest absolute Gasteiger partial charge is 0.477 e. The van der Waals surface area contributed by atoms with E-state index in [0.29, 0.717) is 27.9 Å². The molecule has 0 aliphatic heterocycles. The van der Waals surface area contributed by atoms with Gasteiger partial charge in [0.05, 0.1) is 6.61 Å². The summed E-state index contributed by atoms with van der Waals surface area (Å²) in [5.41, 5.74) is 1.00. The Morgan fingerprint density at radius 3 is 2.40 bits per heavy atom. The highest BCUT2D eigenvalue weighted by molar-refractivity contribution is 6.35. The molecule has 0 unspecified atom stereocenters. The molecule has 8 heteroatoms. The van der Waals surface area contributed by atoms with Crippen LogP contribution < -0.4 is 10.1 Å². The van der Waals surface area contributed by atoms with E-state index >= 15 is 0 Å². The van der Waals surface area contributed by atoms with E-state index in [-0.39, 0.29) is 11.4 Å². The molecule has 0 aliphatic carbocycles. The second-order valence-corrected chi connectivity index (χ2v) is 7.01. The van der Waals surface area contributed by atoms with E-state index in [1.165, 1.54) is 12.3 Å². The van der Waals surface area contributed by atoms with Gasteiger partial charge in [-0.3, -0.25) is 4.79 Å². The Morgan fingerprint density at radius 1 is 1.03 bits per heavy atom. The van der Waals surface area contributed by atoms with Gasteiger partial charge in [0.2, 0.25) is 12.0 Å². The molecule has 0 saturated heterocycles. The first-order chi connectivity index (χ1) is 14.5. The van der Waals surface area contributed by atoms with Crippen LogP contribution in [0.3, 0.4) is 0 Å². The van der Waals surface area contributed by atoms with Gasteiger partial charge >= 0.3 is 5.97 Å². The Balaban J connectivity index is 1.88. The van der Waals surface area contributed by atoms with Gasteiger partial charge in [-0.25, -0.2) is 9.78 Å². The highest BCUT2D eigenvalue weighted by atomic mass is 35.5. The number of nitrogens with one attached hydrogen (secondary N) is 1. The number of benzene rings is 2. The van der Waals surface area contributed by atoms with Gasteiger partial charge in [0.1, 0.15) is 5.56 Å². The number of aromatic nitrogens is 1. The average molecular weight is 445 g/mol. The van der Waals surface area contributed by atoms with Crippen LogP contribution >= 0.6 is 23.2 Å². The number of rotatable bonds is 7. The summed E-state index contributed by atoms with van der Waals surface area (Å²) in [7, 11) is 0. The van der Waals surface area contributed by atoms with Crippen LogP contribution in [0.5, 0.6) is 5.88 Å². The molecule has 154 valence electrons. The first kappa shape index (κ1) is 21.6. The number of esters is 1. The van der Waals surface area contributed by atoms with Crippen molar-refractivity contribution in [2.45, 2.75) is 13.0 Å². The fraction of sp³-hybridized carbons (Fsp3) is 0.136. The highest BCUT2D eigenvalue weighted by Gasteiger charge is 2.27. The highest BCUT2D eigenvalue weighted by Crippen LogP contribution is 2.26. The number of anilines is 1. The lowest BCUT2D eigenvalue weighted by Gasteiger charge is -2.19. The lowest BCUT2D eigenvalue weighted by molar-refractivity contribution is -0.125. The van der Waals surface area contributed by atoms with Crippen molar-refractivity contribution in [1.29, 1.82) is 0 Å². The van der Waals surface area contributed by atoms with Crippen LogP contribution in [0.15, 0.2) is 66.9 Å². The fourth-order valence-corrected chi connectivity index (χ4v) is 3.23. The molecule has 1 heterocycles. The average Bonchev–Trinajstić information content (AvgIpc) is 2.72. The minimum Gasteiger partial charge on any atom is -0.477 e. The van der Waals surface area contributed by atoms with Gasteiger partial charge in [-0.1, -0.05) is 53.5 Å². The number of carbonyl (C=O) groups is 2. The standard InChI is InChI=1S/C22H18Cl2N2O4/c1-2-29-21-18(9-6-10-25-21)22(28)30-19(14-7-4-3-5-8-14)20(27)26-17-12-15(23)11-16(24)13-17/h3-13,19H,2H2,1H3,(H,26,27)/t19-/m0/s1. The number of nitrogens with zero attached hydrogens (tertiary/aromatic N) is 1. The van der Waals surface area contributed by atoms with Crippen molar-refractivity contribution < 1.29 is 19.1 Å². The Hall–Kier alpha value is -3.09. The van der Waals surface area contributed by atoms with E-state index in [1.807, 2.05) is 0 Å². The molecule has 1 N–H and O–H groups in total. The third-order valence-corrected chi connectivity index (χ3v) is 4.40. The summed E-state index contributed by atoms with van der Waals surface area (Å²) in [6.07, 6.45) is 0.289. The maximum absolute atomic E-state index is 13.0. The first-order valence-electron chi connectivity index (χ1n) is 9.08. The Kier molecular flexibility index (Phi) is 7.27. The van der Waals surface area contributed by atoms with Gasteiger partial charge in [0.25, 0.3) is 5.91 Å². The predicted molar refractivity (Wildman–Crippen MR) is 115 cm³/mol. The molecule has 30 heavy (non-hydrogen) atoms. The topological polar surface area (TPSA) is 77.5 Å². The van der Waals surface area contributed by atoms with Gasteiger partial charge in [0, 0.05) is 27.5 Å². The van der Waals surface area contributed by atoms with Crippen LogP contribution in [-0.4, -0.2) is 23.5 Å². The van der Waals surface area contributed by atoms with Gasteiger partial charge in [-0.2, -0.15) is 0 Å². The van der Waals surface area contributed by atoms with E-state index in [0.717, 1.165) is 0 Å². The molecule has 0 aliphatic rings. The van der Waals surface area contributed by atoms with Crippen molar-refractivity contribution in [3.63, 3.8) is 0 Å². The maximum atomic E-state index is 13.0. The van der Waals surface area contributed by atoms with Gasteiger partial charge in [-0.15, -0.1) is 0 Å². The number of halogens is 2. The molecule has 0 fully saturated rings. The number of amides is 1. The fourth-order valence-electron chi connectivity index (χ4n) is 2.70. The molecular formula is C22H18Cl2N2O4. The van der Waals surface area contributed by atoms with Crippen LogP contribution in [0.4, 0.5) is 5.69 Å². The van der Waals surface area contributed by atoms with Crippen LogP contribution in [0.1, 0.15) is 28.9 Å². The molecule has 1 aromatic heterocycles. The van der Waals surface area contributed by atoms with Crippen molar-refractivity contribution >= 4 is 40.8 Å². The normalized spacial score (nSPS) is 11.4. The molecule has 0 saturated carbocycles. The molecule has 3 rings (SSSR count). The van der Waals surface area contributed by atoms with Crippen molar-refractivity contribution in [2.24, 2.45) is 0 Å². The Bertz CT molecular complexity index is 1020. The number of hydrogen-bond donors (Lipinski definition) is 1. The summed E-state index contributed by atoms with van der Waals surface area (Å²) < 4.78 is 11.0. The SMILES string of the molecule is CCOc1ncccc1C(=O)O[C@H](C(=O)Nc1cc(Cl)cc(Cl)c1)c1ccccc1. The summed E-state index contributed by atoms with van der Waals surface area (Å²) in [4.78, 5) is 29.9. The molecule has 6 nitrogen and oxygen atoms in total. The van der Waals surface area contributed by atoms with E-state index in [9.17, 15) is 9.59 Å². The third-order valence-electron chi connectivity index (χ3n) is 3.97. The maximum Gasteiger partial charge on any atom is 0.344 e. The number of hydrogen-bond acceptors (Lipinski definition) is 5. The minimum absolute atomic E-state index is 0.124. The molecule has 0 radical (unpaired) electrons. The van der Waals surface area contributed by atoms with Crippen LogP contribution in [-0.2, 0) is 9.53 Å². The molecule has 0 bridgehead atoms. The third kappa shape index (κ3) is 5.49. The van der Waals surface area contributed by atoms with Crippen molar-refractivity contribution in [2.75, 3.05) is 11.9 Å². The van der Waals surface area contributed by atoms with Crippen LogP contribution in [0.2, 0.25) is 10.0 Å². The smallest absolute Gasteiger partial charge is 0.344 e. The van der Waals surface area contributed by atoms with E-state index in [4.69, 9.17) is 32.7 Å². The molecular weight excluding hydrogens is 427 g/mol. The van der Waals surface area contributed by atoms with Crippen molar-refractivity contribution in [3.8, 4) is 5.88 Å². The van der Waals surface area contributed by atoms with E-state index < -0.39 is 18.0 Å². The van der Waals surface area contributed by atoms with Gasteiger partial charge < -0.3 is 14.8 Å². The summed E-state index contributed by atoms with van der Waals surface area (Å²) in [5.74, 6) is -1.16. The molecule has 2 aromatic carbocycles. The van der Waals surface area contributed by atoms with E-state index in [2.05, 4.69) is 10.3 Å². The zero-order valence-corrected chi connectivity index (χ0v) is 17.5. The van der Waals surface area contributed by atoms with Crippen molar-refractivity contribution in [1.82, 2.24) is 4.98 Å². The summed E-state index contributed by atoms with van der Waals surface area (Å²) in [6.45, 7) is 2.11. The zero-order chi connectivity index (χ0) is 21.5. The summed E-state index contributed by atoms with van der Waals surface area (Å²) >= 11 is 12.0. The van der Waals surface area contributed by atoms with Crippen LogP contribution in [0.25, 0.3) is 0 Å². The first-order valence-corrected chi connectivity index (χ1v) is 9.84. The lowest BCUT2D eigenvalue weighted by atomic mass is 10.1. The molecule has 0 spiro atoms. The minimum atomic E-state index is -1.22. The van der Waals surface area contributed by atoms with E-state index in [1.54, 1.807) is 61.5 Å². The Morgan fingerprint density at radius 2 is 1.73 bits per heavy atom. The number of pyridine rings is 1. The quantitative estimate of drug-likeness (QED) is 0.498. The second-order valence-electron chi connectivity index (χ2n) is 6.13. The van der Waals surface area contributed by atoms with Gasteiger partial charge in [-0.05, 0) is 37.3 Å². The number of carbonyl (C=O) groups excluding carboxylic acids is 2. The van der Waals surface area contributed by atoms with Gasteiger partial charge in [0.15, 0.2) is 0 Å². The molecule has 1 atom stereocenters. The summed E-state index contributed by atoms with van der Waals surface area (Å²) in [5, 5.41) is 3.41.